The molecule has 1 aromatic heterocycles. The van der Waals surface area contributed by atoms with Crippen LogP contribution in [0.15, 0.2) is 29.6 Å². The first-order valence-electron chi connectivity index (χ1n) is 14.7. The lowest BCUT2D eigenvalue weighted by Gasteiger charge is -2.32. The van der Waals surface area contributed by atoms with Crippen LogP contribution in [0.25, 0.3) is 11.3 Å². The van der Waals surface area contributed by atoms with E-state index in [1.165, 1.54) is 0 Å². The molecule has 0 unspecified atom stereocenters. The summed E-state index contributed by atoms with van der Waals surface area (Å²) in [5, 5.41) is 6.09. The Morgan fingerprint density at radius 1 is 1.12 bits per heavy atom. The van der Waals surface area contributed by atoms with Gasteiger partial charge in [-0.3, -0.25) is 14.4 Å². The van der Waals surface area contributed by atoms with Crippen LogP contribution in [0.2, 0.25) is 0 Å². The number of rotatable bonds is 7. The molecular weight excluding hydrogens is 538 g/mol. The van der Waals surface area contributed by atoms with E-state index >= 15 is 0 Å². The average molecular weight is 582 g/mol. The van der Waals surface area contributed by atoms with Crippen molar-refractivity contribution in [2.75, 3.05) is 51.3 Å². The van der Waals surface area contributed by atoms with Crippen molar-refractivity contribution in [2.24, 2.45) is 17.3 Å². The SMILES string of the molecule is CC(C)[C@H]1CN(C(=O)[C@H](CC(C)(C)C)NC(=O)c2ccc(-c3csc(N4CCN(C)CC4)n3)cc2)[C@@H]2C(=O)CO[C@H]12. The topological polar surface area (TPSA) is 95.1 Å². The third-order valence-corrected chi connectivity index (χ3v) is 9.39. The standard InChI is InChI=1S/C31H43N5O4S/c1-19(2)22-16-36(26-25(37)17-40-27(22)26)29(39)23(15-31(3,4)5)32-28(38)21-9-7-20(8-10-21)24-18-41-30(33-24)35-13-11-34(6)12-14-35/h7-10,18-19,22-23,26-27H,11-17H2,1-6H3,(H,32,38)/t22-,23+,26-,27-/m1/s1. The van der Waals surface area contributed by atoms with E-state index in [1.54, 1.807) is 28.4 Å². The summed E-state index contributed by atoms with van der Waals surface area (Å²) in [6.07, 6.45) is 0.186. The van der Waals surface area contributed by atoms with Gasteiger partial charge >= 0.3 is 0 Å². The molecular formula is C31H43N5O4S. The monoisotopic (exact) mass is 581 g/mol. The van der Waals surface area contributed by atoms with Gasteiger partial charge in [0.05, 0.1) is 11.8 Å². The number of ketones is 1. The quantitative estimate of drug-likeness (QED) is 0.535. The largest absolute Gasteiger partial charge is 0.367 e. The van der Waals surface area contributed by atoms with E-state index in [0.29, 0.717) is 18.5 Å². The third kappa shape index (κ3) is 6.49. The highest BCUT2D eigenvalue weighted by atomic mass is 32.1. The van der Waals surface area contributed by atoms with E-state index in [1.807, 2.05) is 32.9 Å². The maximum Gasteiger partial charge on any atom is 0.251 e. The molecule has 0 spiro atoms. The van der Waals surface area contributed by atoms with Crippen molar-refractivity contribution >= 4 is 34.1 Å². The van der Waals surface area contributed by atoms with Crippen molar-refractivity contribution in [2.45, 2.75) is 59.2 Å². The van der Waals surface area contributed by atoms with Gasteiger partial charge in [0.2, 0.25) is 5.91 Å². The van der Waals surface area contributed by atoms with Gasteiger partial charge in [-0.25, -0.2) is 4.98 Å². The number of piperazine rings is 1. The molecule has 3 fully saturated rings. The Morgan fingerprint density at radius 2 is 1.80 bits per heavy atom. The van der Waals surface area contributed by atoms with Crippen molar-refractivity contribution in [3.05, 3.63) is 35.2 Å². The first kappa shape index (κ1) is 29.7. The number of benzene rings is 1. The van der Waals surface area contributed by atoms with E-state index in [-0.39, 0.29) is 47.6 Å². The number of amides is 2. The maximum absolute atomic E-state index is 13.9. The van der Waals surface area contributed by atoms with Gasteiger partial charge in [0.25, 0.3) is 5.91 Å². The van der Waals surface area contributed by atoms with E-state index < -0.39 is 12.1 Å². The van der Waals surface area contributed by atoms with Crippen molar-refractivity contribution < 1.29 is 19.1 Å². The Labute approximate surface area is 247 Å². The molecule has 10 heteroatoms. The Bertz CT molecular complexity index is 1260. The van der Waals surface area contributed by atoms with Gasteiger partial charge in [-0.2, -0.15) is 0 Å². The maximum atomic E-state index is 13.9. The number of hydrogen-bond acceptors (Lipinski definition) is 8. The van der Waals surface area contributed by atoms with Crippen molar-refractivity contribution in [3.63, 3.8) is 0 Å². The first-order chi connectivity index (χ1) is 19.4. The number of likely N-dealkylation sites (N-methyl/N-ethyl adjacent to an activating group) is 1. The minimum Gasteiger partial charge on any atom is -0.367 e. The van der Waals surface area contributed by atoms with Gasteiger partial charge < -0.3 is 24.8 Å². The molecule has 0 aliphatic carbocycles. The summed E-state index contributed by atoms with van der Waals surface area (Å²) >= 11 is 1.64. The molecule has 2 aromatic rings. The second kappa shape index (κ2) is 11.8. The van der Waals surface area contributed by atoms with Gasteiger partial charge in [-0.1, -0.05) is 46.8 Å². The Balaban J connectivity index is 1.29. The highest BCUT2D eigenvalue weighted by Crippen LogP contribution is 2.37. The van der Waals surface area contributed by atoms with Crippen LogP contribution in [-0.4, -0.2) is 96.9 Å². The molecule has 222 valence electrons. The number of thiazole rings is 1. The summed E-state index contributed by atoms with van der Waals surface area (Å²) in [4.78, 5) is 51.2. The second-order valence-electron chi connectivity index (χ2n) is 13.3. The molecule has 41 heavy (non-hydrogen) atoms. The summed E-state index contributed by atoms with van der Waals surface area (Å²) in [5.41, 5.74) is 2.11. The smallest absolute Gasteiger partial charge is 0.251 e. The fourth-order valence-corrected chi connectivity index (χ4v) is 6.98. The molecule has 2 amide bonds. The lowest BCUT2D eigenvalue weighted by molar-refractivity contribution is -0.138. The molecule has 5 rings (SSSR count). The number of aromatic nitrogens is 1. The fraction of sp³-hybridized carbons (Fsp3) is 0.613. The van der Waals surface area contributed by atoms with Crippen LogP contribution in [0.1, 0.15) is 51.4 Å². The van der Waals surface area contributed by atoms with E-state index in [4.69, 9.17) is 9.72 Å². The Kier molecular flexibility index (Phi) is 8.55. The van der Waals surface area contributed by atoms with Gasteiger partial charge in [0.15, 0.2) is 10.9 Å². The number of nitrogens with zero attached hydrogens (tertiary/aromatic N) is 4. The zero-order chi connectivity index (χ0) is 29.5. The molecule has 0 saturated carbocycles. The number of likely N-dealkylation sites (tertiary alicyclic amines) is 1. The number of Topliss-reactive ketones (excluding diaryl/α,β-unsaturated/α-hetero) is 1. The predicted octanol–water partition coefficient (Wildman–Crippen LogP) is 3.55. The lowest BCUT2D eigenvalue weighted by Crippen LogP contribution is -2.53. The summed E-state index contributed by atoms with van der Waals surface area (Å²) in [7, 11) is 2.14. The lowest BCUT2D eigenvalue weighted by atomic mass is 9.87. The minimum atomic E-state index is -0.744. The number of hydrogen-bond donors (Lipinski definition) is 1. The molecule has 3 saturated heterocycles. The predicted molar refractivity (Wildman–Crippen MR) is 161 cm³/mol. The zero-order valence-electron chi connectivity index (χ0n) is 25.1. The number of anilines is 1. The normalized spacial score (nSPS) is 24.2. The Morgan fingerprint density at radius 3 is 2.44 bits per heavy atom. The summed E-state index contributed by atoms with van der Waals surface area (Å²) in [6, 6.07) is 6.07. The fourth-order valence-electron chi connectivity index (χ4n) is 6.10. The van der Waals surface area contributed by atoms with Crippen LogP contribution in [-0.2, 0) is 14.3 Å². The van der Waals surface area contributed by atoms with E-state index in [0.717, 1.165) is 42.6 Å². The molecule has 1 N–H and O–H groups in total. The van der Waals surface area contributed by atoms with Crippen LogP contribution in [0.4, 0.5) is 5.13 Å². The van der Waals surface area contributed by atoms with Crippen molar-refractivity contribution in [1.82, 2.24) is 20.1 Å². The van der Waals surface area contributed by atoms with E-state index in [2.05, 4.69) is 41.4 Å². The molecule has 4 heterocycles. The third-order valence-electron chi connectivity index (χ3n) is 8.49. The highest BCUT2D eigenvalue weighted by Gasteiger charge is 2.53. The number of carbonyl (C=O) groups excluding carboxylic acids is 3. The van der Waals surface area contributed by atoms with Crippen molar-refractivity contribution in [3.8, 4) is 11.3 Å². The summed E-state index contributed by atoms with van der Waals surface area (Å²) in [5.74, 6) is -0.200. The van der Waals surface area contributed by atoms with Crippen LogP contribution in [0.3, 0.4) is 0 Å². The molecule has 0 bridgehead atoms. The van der Waals surface area contributed by atoms with Crippen LogP contribution in [0.5, 0.6) is 0 Å². The Hall–Kier alpha value is -2.82. The van der Waals surface area contributed by atoms with Crippen LogP contribution < -0.4 is 10.2 Å². The van der Waals surface area contributed by atoms with Crippen molar-refractivity contribution in [1.29, 1.82) is 0 Å². The summed E-state index contributed by atoms with van der Waals surface area (Å²) in [6.45, 7) is 14.8. The molecule has 9 nitrogen and oxygen atoms in total. The number of nitrogens with one attached hydrogen (secondary N) is 1. The molecule has 3 aliphatic rings. The van der Waals surface area contributed by atoms with Crippen LogP contribution in [0, 0.1) is 17.3 Å². The first-order valence-corrected chi connectivity index (χ1v) is 15.5. The number of carbonyl (C=O) groups is 3. The van der Waals surface area contributed by atoms with Crippen LogP contribution >= 0.6 is 11.3 Å². The van der Waals surface area contributed by atoms with E-state index in [9.17, 15) is 14.4 Å². The highest BCUT2D eigenvalue weighted by molar-refractivity contribution is 7.14. The molecule has 0 radical (unpaired) electrons. The van der Waals surface area contributed by atoms with Gasteiger partial charge in [-0.15, -0.1) is 11.3 Å². The average Bonchev–Trinajstić information content (AvgIpc) is 3.65. The van der Waals surface area contributed by atoms with Gasteiger partial charge in [0.1, 0.15) is 18.7 Å². The minimum absolute atomic E-state index is 0.0425. The zero-order valence-corrected chi connectivity index (χ0v) is 25.9. The van der Waals surface area contributed by atoms with Gasteiger partial charge in [0, 0.05) is 55.1 Å². The molecule has 4 atom stereocenters. The van der Waals surface area contributed by atoms with Gasteiger partial charge in [-0.05, 0) is 36.9 Å². The number of fused-ring (bicyclic) bond motifs is 1. The summed E-state index contributed by atoms with van der Waals surface area (Å²) < 4.78 is 5.82. The molecule has 1 aromatic carbocycles. The second-order valence-corrected chi connectivity index (χ2v) is 14.1. The molecule has 3 aliphatic heterocycles. The number of ether oxygens (including phenoxy) is 1.